The molecule has 1 aliphatic carbocycles. The summed E-state index contributed by atoms with van der Waals surface area (Å²) >= 11 is 5.19. The zero-order valence-electron chi connectivity index (χ0n) is 9.61. The predicted molar refractivity (Wildman–Crippen MR) is 67.9 cm³/mol. The smallest absolute Gasteiger partial charge is 0.0902 e. The van der Waals surface area contributed by atoms with Gasteiger partial charge < -0.3 is 5.73 Å². The molecule has 0 aromatic heterocycles. The largest absolute Gasteiger partial charge is 0.392 e. The van der Waals surface area contributed by atoms with Crippen molar-refractivity contribution in [1.82, 2.24) is 4.90 Å². The first-order valence-electron chi connectivity index (χ1n) is 6.29. The van der Waals surface area contributed by atoms with Gasteiger partial charge in [-0.3, -0.25) is 4.90 Å². The van der Waals surface area contributed by atoms with Gasteiger partial charge in [-0.2, -0.15) is 0 Å². The summed E-state index contributed by atoms with van der Waals surface area (Å²) in [4.78, 5) is 3.30. The van der Waals surface area contributed by atoms with Crippen molar-refractivity contribution >= 4 is 17.2 Å². The second kappa shape index (κ2) is 4.79. The van der Waals surface area contributed by atoms with Crippen LogP contribution in [0.4, 0.5) is 0 Å². The third kappa shape index (κ3) is 2.18. The number of rotatable bonds is 3. The summed E-state index contributed by atoms with van der Waals surface area (Å²) in [6.45, 7) is 3.40. The summed E-state index contributed by atoms with van der Waals surface area (Å²) in [5.41, 5.74) is 5.85. The Labute approximate surface area is 98.2 Å². The lowest BCUT2D eigenvalue weighted by Gasteiger charge is -2.42. The molecule has 3 atom stereocenters. The number of nitrogens with two attached hydrogens (primary N) is 1. The Morgan fingerprint density at radius 1 is 1.40 bits per heavy atom. The lowest BCUT2D eigenvalue weighted by molar-refractivity contribution is 0.0923. The van der Waals surface area contributed by atoms with Gasteiger partial charge in [-0.05, 0) is 44.6 Å². The minimum absolute atomic E-state index is 0.353. The summed E-state index contributed by atoms with van der Waals surface area (Å²) in [7, 11) is 0. The van der Waals surface area contributed by atoms with Gasteiger partial charge in [-0.1, -0.05) is 25.6 Å². The van der Waals surface area contributed by atoms with Crippen LogP contribution in [0.1, 0.15) is 45.4 Å². The number of thiocarbonyl (C=S) groups is 1. The van der Waals surface area contributed by atoms with Crippen molar-refractivity contribution < 1.29 is 0 Å². The molecule has 2 fully saturated rings. The van der Waals surface area contributed by atoms with Crippen LogP contribution in [0.5, 0.6) is 0 Å². The molecule has 0 radical (unpaired) electrons. The summed E-state index contributed by atoms with van der Waals surface area (Å²) in [5, 5.41) is 0. The van der Waals surface area contributed by atoms with Crippen LogP contribution >= 0.6 is 12.2 Å². The maximum absolute atomic E-state index is 5.85. The van der Waals surface area contributed by atoms with Crippen LogP contribution < -0.4 is 5.73 Å². The minimum atomic E-state index is 0.353. The predicted octanol–water partition coefficient (Wildman–Crippen LogP) is 2.32. The molecule has 0 aromatic rings. The Hall–Kier alpha value is -0.150. The second-order valence-corrected chi connectivity index (χ2v) is 5.44. The van der Waals surface area contributed by atoms with Crippen molar-refractivity contribution in [2.45, 2.75) is 57.5 Å². The molecule has 1 heterocycles. The highest BCUT2D eigenvalue weighted by Gasteiger charge is 2.38. The van der Waals surface area contributed by atoms with Crippen LogP contribution in [-0.4, -0.2) is 28.5 Å². The maximum Gasteiger partial charge on any atom is 0.0902 e. The van der Waals surface area contributed by atoms with E-state index in [0.717, 1.165) is 18.4 Å². The molecule has 2 aliphatic rings. The van der Waals surface area contributed by atoms with Gasteiger partial charge in [0.25, 0.3) is 0 Å². The van der Waals surface area contributed by atoms with Crippen molar-refractivity contribution in [3.05, 3.63) is 0 Å². The molecule has 2 nitrogen and oxygen atoms in total. The van der Waals surface area contributed by atoms with Gasteiger partial charge in [0, 0.05) is 6.04 Å². The standard InChI is InChI=1S/C12H22N2S/c1-2-10(12(13)15)14-8-4-6-9-5-3-7-11(9)14/h9-11H,2-8H2,1H3,(H2,13,15). The Kier molecular flexibility index (Phi) is 3.62. The molecule has 3 unspecified atom stereocenters. The molecule has 0 amide bonds. The molecule has 3 heteroatoms. The van der Waals surface area contributed by atoms with Crippen LogP contribution in [0.15, 0.2) is 0 Å². The molecular formula is C12H22N2S. The van der Waals surface area contributed by atoms with Gasteiger partial charge >= 0.3 is 0 Å². The van der Waals surface area contributed by atoms with Crippen LogP contribution in [0, 0.1) is 5.92 Å². The van der Waals surface area contributed by atoms with Crippen molar-refractivity contribution in [3.8, 4) is 0 Å². The van der Waals surface area contributed by atoms with Gasteiger partial charge in [0.2, 0.25) is 0 Å². The lowest BCUT2D eigenvalue weighted by Crippen LogP contribution is -2.52. The summed E-state index contributed by atoms with van der Waals surface area (Å²) in [6.07, 6.45) is 8.02. The van der Waals surface area contributed by atoms with E-state index in [2.05, 4.69) is 11.8 Å². The van der Waals surface area contributed by atoms with E-state index in [4.69, 9.17) is 18.0 Å². The average molecular weight is 226 g/mol. The van der Waals surface area contributed by atoms with E-state index in [1.807, 2.05) is 0 Å². The van der Waals surface area contributed by atoms with E-state index in [9.17, 15) is 0 Å². The van der Waals surface area contributed by atoms with Crippen molar-refractivity contribution in [2.24, 2.45) is 11.7 Å². The van der Waals surface area contributed by atoms with Gasteiger partial charge in [-0.25, -0.2) is 0 Å². The first-order chi connectivity index (χ1) is 7.24. The molecule has 1 aliphatic heterocycles. The number of piperidine rings is 1. The highest BCUT2D eigenvalue weighted by molar-refractivity contribution is 7.80. The molecule has 0 spiro atoms. The van der Waals surface area contributed by atoms with Gasteiger partial charge in [0.15, 0.2) is 0 Å². The summed E-state index contributed by atoms with van der Waals surface area (Å²) < 4.78 is 0. The lowest BCUT2D eigenvalue weighted by atomic mass is 9.90. The highest BCUT2D eigenvalue weighted by atomic mass is 32.1. The van der Waals surface area contributed by atoms with Crippen LogP contribution in [0.3, 0.4) is 0 Å². The fraction of sp³-hybridized carbons (Fsp3) is 0.917. The van der Waals surface area contributed by atoms with E-state index in [1.54, 1.807) is 0 Å². The molecule has 2 N–H and O–H groups in total. The van der Waals surface area contributed by atoms with E-state index >= 15 is 0 Å². The number of likely N-dealkylation sites (tertiary alicyclic amines) is 1. The SMILES string of the molecule is CCC(C(N)=S)N1CCCC2CCCC21. The molecule has 2 rings (SSSR count). The summed E-state index contributed by atoms with van der Waals surface area (Å²) in [6, 6.07) is 1.14. The minimum Gasteiger partial charge on any atom is -0.392 e. The van der Waals surface area contributed by atoms with Crippen molar-refractivity contribution in [1.29, 1.82) is 0 Å². The zero-order valence-corrected chi connectivity index (χ0v) is 10.4. The second-order valence-electron chi connectivity index (χ2n) is 4.96. The molecule has 0 bridgehead atoms. The number of nitrogens with zero attached hydrogens (tertiary/aromatic N) is 1. The molecule has 15 heavy (non-hydrogen) atoms. The molecule has 1 saturated heterocycles. The quantitative estimate of drug-likeness (QED) is 0.749. The molecule has 0 aromatic carbocycles. The fourth-order valence-corrected chi connectivity index (χ4v) is 3.78. The molecular weight excluding hydrogens is 204 g/mol. The van der Waals surface area contributed by atoms with E-state index in [1.165, 1.54) is 38.6 Å². The summed E-state index contributed by atoms with van der Waals surface area (Å²) in [5.74, 6) is 0.933. The zero-order chi connectivity index (χ0) is 10.8. The first kappa shape index (κ1) is 11.3. The third-order valence-corrected chi connectivity index (χ3v) is 4.42. The Balaban J connectivity index is 2.09. The maximum atomic E-state index is 5.85. The topological polar surface area (TPSA) is 29.3 Å². The van der Waals surface area contributed by atoms with Crippen molar-refractivity contribution in [2.75, 3.05) is 6.54 Å². The number of fused-ring (bicyclic) bond motifs is 1. The van der Waals surface area contributed by atoms with E-state index in [-0.39, 0.29) is 0 Å². The normalized spacial score (nSPS) is 33.7. The van der Waals surface area contributed by atoms with Crippen LogP contribution in [0.2, 0.25) is 0 Å². The van der Waals surface area contributed by atoms with Gasteiger partial charge in [-0.15, -0.1) is 0 Å². The Morgan fingerprint density at radius 2 is 2.13 bits per heavy atom. The Bertz CT molecular complexity index is 242. The van der Waals surface area contributed by atoms with Crippen molar-refractivity contribution in [3.63, 3.8) is 0 Å². The fourth-order valence-electron chi connectivity index (χ4n) is 3.48. The average Bonchev–Trinajstić information content (AvgIpc) is 2.66. The van der Waals surface area contributed by atoms with E-state index < -0.39 is 0 Å². The monoisotopic (exact) mass is 226 g/mol. The van der Waals surface area contributed by atoms with Gasteiger partial charge in [0.1, 0.15) is 0 Å². The molecule has 1 saturated carbocycles. The third-order valence-electron chi connectivity index (χ3n) is 4.15. The highest BCUT2D eigenvalue weighted by Crippen LogP contribution is 2.38. The number of hydrogen-bond acceptors (Lipinski definition) is 2. The Morgan fingerprint density at radius 3 is 2.80 bits per heavy atom. The first-order valence-corrected chi connectivity index (χ1v) is 6.70. The molecule has 86 valence electrons. The van der Waals surface area contributed by atoms with Crippen LogP contribution in [-0.2, 0) is 0 Å². The van der Waals surface area contributed by atoms with E-state index in [0.29, 0.717) is 11.0 Å². The van der Waals surface area contributed by atoms with Gasteiger partial charge in [0.05, 0.1) is 11.0 Å². The van der Waals surface area contributed by atoms with Crippen LogP contribution in [0.25, 0.3) is 0 Å². The number of hydrogen-bond donors (Lipinski definition) is 1.